The summed E-state index contributed by atoms with van der Waals surface area (Å²) in [7, 11) is 0. The van der Waals surface area contributed by atoms with Crippen molar-refractivity contribution in [1.82, 2.24) is 20.0 Å². The van der Waals surface area contributed by atoms with Crippen molar-refractivity contribution < 1.29 is 14.3 Å². The van der Waals surface area contributed by atoms with E-state index in [-0.39, 0.29) is 17.8 Å². The van der Waals surface area contributed by atoms with E-state index in [1.165, 1.54) is 6.08 Å². The number of ether oxygens (including phenoxy) is 1. The van der Waals surface area contributed by atoms with Gasteiger partial charge in [-0.05, 0) is 76.9 Å². The van der Waals surface area contributed by atoms with Crippen LogP contribution in [0.25, 0.3) is 11.7 Å². The molecule has 7 nitrogen and oxygen atoms in total. The summed E-state index contributed by atoms with van der Waals surface area (Å²) < 4.78 is 7.67. The van der Waals surface area contributed by atoms with Crippen LogP contribution in [0.1, 0.15) is 39.3 Å². The van der Waals surface area contributed by atoms with Gasteiger partial charge in [-0.2, -0.15) is 0 Å². The first kappa shape index (κ1) is 21.6. The Morgan fingerprint density at radius 1 is 1.32 bits per heavy atom. The number of rotatable bonds is 5. The number of thioether (sulfide) groups is 1. The molecule has 8 heteroatoms. The number of hydrogen-bond donors (Lipinski definition) is 2. The van der Waals surface area contributed by atoms with Crippen molar-refractivity contribution in [2.75, 3.05) is 13.1 Å². The quantitative estimate of drug-likeness (QED) is 0.549. The molecular formula is C23H28N4O3S. The number of allylic oxidation sites excluding steroid dienone is 1. The van der Waals surface area contributed by atoms with Gasteiger partial charge in [0, 0.05) is 11.0 Å². The van der Waals surface area contributed by atoms with E-state index in [1.54, 1.807) is 17.8 Å². The van der Waals surface area contributed by atoms with Gasteiger partial charge in [0.2, 0.25) is 5.91 Å². The molecule has 1 unspecified atom stereocenters. The predicted octanol–water partition coefficient (Wildman–Crippen LogP) is 3.16. The van der Waals surface area contributed by atoms with Gasteiger partial charge < -0.3 is 15.4 Å². The molecule has 0 bridgehead atoms. The Morgan fingerprint density at radius 2 is 2.10 bits per heavy atom. The molecule has 2 aliphatic heterocycles. The first-order chi connectivity index (χ1) is 14.8. The Morgan fingerprint density at radius 3 is 2.84 bits per heavy atom. The lowest BCUT2D eigenvalue weighted by molar-refractivity contribution is -0.160. The predicted molar refractivity (Wildman–Crippen MR) is 122 cm³/mol. The molecule has 2 aromatic heterocycles. The summed E-state index contributed by atoms with van der Waals surface area (Å²) in [6.45, 7) is 7.18. The van der Waals surface area contributed by atoms with Crippen LogP contribution in [-0.2, 0) is 14.3 Å². The molecule has 1 atom stereocenters. The lowest BCUT2D eigenvalue weighted by atomic mass is 9.90. The Bertz CT molecular complexity index is 1040. The van der Waals surface area contributed by atoms with Gasteiger partial charge in [-0.3, -0.25) is 9.20 Å². The molecular weight excluding hydrogens is 412 g/mol. The van der Waals surface area contributed by atoms with E-state index < -0.39 is 11.6 Å². The highest BCUT2D eigenvalue weighted by Crippen LogP contribution is 2.34. The number of nitrogens with one attached hydrogen (secondary N) is 2. The number of aromatic nitrogens is 2. The number of piperidine rings is 1. The number of carbonyl (C=O) groups is 2. The fraction of sp³-hybridized carbons (Fsp3) is 0.435. The summed E-state index contributed by atoms with van der Waals surface area (Å²) in [5, 5.41) is 7.25. The summed E-state index contributed by atoms with van der Waals surface area (Å²) in [6.07, 6.45) is 8.74. The third-order valence-corrected chi connectivity index (χ3v) is 6.26. The summed E-state index contributed by atoms with van der Waals surface area (Å²) in [4.78, 5) is 30.9. The summed E-state index contributed by atoms with van der Waals surface area (Å²) >= 11 is 1.57. The second-order valence-corrected chi connectivity index (χ2v) is 9.92. The zero-order chi connectivity index (χ0) is 22.0. The molecule has 0 aliphatic carbocycles. The molecule has 0 radical (unpaired) electrons. The molecule has 2 aromatic rings. The van der Waals surface area contributed by atoms with E-state index >= 15 is 0 Å². The second kappa shape index (κ2) is 8.88. The Hall–Kier alpha value is -2.58. The number of pyridine rings is 1. The normalized spacial score (nSPS) is 18.1. The topological polar surface area (TPSA) is 84.7 Å². The van der Waals surface area contributed by atoms with Crippen LogP contribution < -0.4 is 10.6 Å². The van der Waals surface area contributed by atoms with Crippen molar-refractivity contribution in [1.29, 1.82) is 0 Å². The minimum atomic E-state index is -0.651. The van der Waals surface area contributed by atoms with Crippen LogP contribution in [0.5, 0.6) is 0 Å². The van der Waals surface area contributed by atoms with Crippen molar-refractivity contribution >= 4 is 35.4 Å². The van der Waals surface area contributed by atoms with Gasteiger partial charge in [-0.25, -0.2) is 9.78 Å². The molecule has 0 saturated carbocycles. The highest BCUT2D eigenvalue weighted by molar-refractivity contribution is 8.03. The van der Waals surface area contributed by atoms with Crippen molar-refractivity contribution in [2.45, 2.75) is 50.3 Å². The van der Waals surface area contributed by atoms with Crippen LogP contribution in [-0.4, -0.2) is 46.0 Å². The van der Waals surface area contributed by atoms with Crippen molar-refractivity contribution in [3.8, 4) is 0 Å². The second-order valence-electron chi connectivity index (χ2n) is 8.83. The molecule has 4 heterocycles. The maximum absolute atomic E-state index is 12.8. The number of esters is 1. The Labute approximate surface area is 186 Å². The lowest BCUT2D eigenvalue weighted by Crippen LogP contribution is -2.50. The van der Waals surface area contributed by atoms with Crippen LogP contribution in [0.15, 0.2) is 46.5 Å². The number of nitrogens with zero attached hydrogens (tertiary/aromatic N) is 2. The average Bonchev–Trinajstić information content (AvgIpc) is 3.14. The molecule has 2 N–H and O–H groups in total. The molecule has 0 aromatic carbocycles. The molecule has 31 heavy (non-hydrogen) atoms. The van der Waals surface area contributed by atoms with Gasteiger partial charge in [0.05, 0.1) is 16.9 Å². The molecule has 1 saturated heterocycles. The maximum atomic E-state index is 12.8. The van der Waals surface area contributed by atoms with Crippen LogP contribution in [0, 0.1) is 5.92 Å². The molecule has 1 amide bonds. The standard InChI is InChI=1S/C23H28N4O3S/c1-23(2,3)30-22(29)21(15-9-11-24-12-10-15)26-19(28)8-7-17-13-16-14-25-18-5-4-6-20(31-17)27(16)18/h4-8,13-15,21,24H,9-12H2,1-3H3,(H,26,28). The van der Waals surface area contributed by atoms with Gasteiger partial charge in [0.25, 0.3) is 0 Å². The van der Waals surface area contributed by atoms with Gasteiger partial charge in [-0.1, -0.05) is 17.8 Å². The molecule has 1 fully saturated rings. The minimum Gasteiger partial charge on any atom is -0.458 e. The van der Waals surface area contributed by atoms with E-state index in [9.17, 15) is 9.59 Å². The third-order valence-electron chi connectivity index (χ3n) is 5.25. The minimum absolute atomic E-state index is 0.0590. The average molecular weight is 441 g/mol. The Balaban J connectivity index is 1.46. The van der Waals surface area contributed by atoms with Crippen molar-refractivity contribution in [3.05, 3.63) is 47.1 Å². The Kier molecular flexibility index (Phi) is 6.20. The van der Waals surface area contributed by atoms with E-state index in [0.717, 1.165) is 47.2 Å². The SMILES string of the molecule is CC(C)(C)OC(=O)C(NC(=O)C=CC1=Cc2cnc3cccc(n23)S1)C1CCNCC1. The first-order valence-electron chi connectivity index (χ1n) is 10.6. The molecule has 164 valence electrons. The van der Waals surface area contributed by atoms with E-state index in [0.29, 0.717) is 0 Å². The zero-order valence-corrected chi connectivity index (χ0v) is 18.9. The number of hydrogen-bond acceptors (Lipinski definition) is 6. The van der Waals surface area contributed by atoms with Gasteiger partial charge in [-0.15, -0.1) is 0 Å². The smallest absolute Gasteiger partial charge is 0.329 e. The van der Waals surface area contributed by atoms with Crippen LogP contribution >= 0.6 is 11.8 Å². The summed E-state index contributed by atoms with van der Waals surface area (Å²) in [5.41, 5.74) is 1.28. The highest BCUT2D eigenvalue weighted by atomic mass is 32.2. The highest BCUT2D eigenvalue weighted by Gasteiger charge is 2.33. The largest absolute Gasteiger partial charge is 0.458 e. The fourth-order valence-electron chi connectivity index (χ4n) is 3.86. The van der Waals surface area contributed by atoms with Crippen LogP contribution in [0.4, 0.5) is 0 Å². The first-order valence-corrected chi connectivity index (χ1v) is 11.4. The van der Waals surface area contributed by atoms with E-state index in [1.807, 2.05) is 51.2 Å². The van der Waals surface area contributed by atoms with Crippen molar-refractivity contribution in [3.63, 3.8) is 0 Å². The van der Waals surface area contributed by atoms with Gasteiger partial charge in [0.1, 0.15) is 17.3 Å². The molecule has 0 spiro atoms. The molecule has 4 rings (SSSR count). The lowest BCUT2D eigenvalue weighted by Gasteiger charge is -2.31. The number of amides is 1. The van der Waals surface area contributed by atoms with Crippen LogP contribution in [0.2, 0.25) is 0 Å². The van der Waals surface area contributed by atoms with E-state index in [2.05, 4.69) is 20.0 Å². The maximum Gasteiger partial charge on any atom is 0.329 e. The zero-order valence-electron chi connectivity index (χ0n) is 18.1. The van der Waals surface area contributed by atoms with Crippen LogP contribution in [0.3, 0.4) is 0 Å². The fourth-order valence-corrected chi connectivity index (χ4v) is 4.85. The summed E-state index contributed by atoms with van der Waals surface area (Å²) in [6, 6.07) is 5.31. The molecule has 2 aliphatic rings. The van der Waals surface area contributed by atoms with Crippen molar-refractivity contribution in [2.24, 2.45) is 5.92 Å². The van der Waals surface area contributed by atoms with E-state index in [4.69, 9.17) is 4.74 Å². The monoisotopic (exact) mass is 440 g/mol. The number of imidazole rings is 1. The third kappa shape index (κ3) is 5.19. The summed E-state index contributed by atoms with van der Waals surface area (Å²) in [5.74, 6) is -0.611. The number of carbonyl (C=O) groups excluding carboxylic acids is 2. The van der Waals surface area contributed by atoms with Gasteiger partial charge >= 0.3 is 5.97 Å². The van der Waals surface area contributed by atoms with Gasteiger partial charge in [0.15, 0.2) is 0 Å².